The number of aromatic nitrogens is 1. The molecule has 0 aliphatic carbocycles. The van der Waals surface area contributed by atoms with Gasteiger partial charge < -0.3 is 10.5 Å². The fourth-order valence-corrected chi connectivity index (χ4v) is 1.48. The van der Waals surface area contributed by atoms with Crippen LogP contribution in [0, 0.1) is 17.5 Å². The molecule has 0 fully saturated rings. The summed E-state index contributed by atoms with van der Waals surface area (Å²) in [4.78, 5) is 15.2. The topological polar surface area (TPSA) is 65.2 Å². The highest BCUT2D eigenvalue weighted by molar-refractivity contribution is 5.90. The number of nitrogens with two attached hydrogens (primary N) is 1. The molecule has 1 aromatic heterocycles. The normalized spacial score (nSPS) is 10.3. The lowest BCUT2D eigenvalue weighted by atomic mass is 10.2. The number of ether oxygens (including phenoxy) is 1. The van der Waals surface area contributed by atoms with E-state index in [4.69, 9.17) is 10.5 Å². The monoisotopic (exact) mass is 282 g/mol. The Morgan fingerprint density at radius 1 is 1.15 bits per heavy atom. The summed E-state index contributed by atoms with van der Waals surface area (Å²) in [5.74, 6) is -3.67. The van der Waals surface area contributed by atoms with Crippen LogP contribution in [0.2, 0.25) is 0 Å². The molecule has 0 unspecified atom stereocenters. The first kappa shape index (κ1) is 13.9. The van der Waals surface area contributed by atoms with Crippen LogP contribution in [0.1, 0.15) is 15.9 Å². The molecule has 0 radical (unpaired) electrons. The largest absolute Gasteiger partial charge is 0.457 e. The van der Waals surface area contributed by atoms with Crippen LogP contribution in [0.15, 0.2) is 30.6 Å². The van der Waals surface area contributed by atoms with Gasteiger partial charge in [0.1, 0.15) is 24.1 Å². The van der Waals surface area contributed by atoms with Crippen molar-refractivity contribution in [3.8, 4) is 0 Å². The van der Waals surface area contributed by atoms with Gasteiger partial charge in [-0.15, -0.1) is 0 Å². The average Bonchev–Trinajstić information content (AvgIpc) is 2.40. The van der Waals surface area contributed by atoms with E-state index >= 15 is 0 Å². The molecule has 0 aliphatic heterocycles. The second kappa shape index (κ2) is 5.60. The van der Waals surface area contributed by atoms with Crippen LogP contribution in [0.4, 0.5) is 18.9 Å². The maximum Gasteiger partial charge on any atom is 0.341 e. The molecule has 0 spiro atoms. The van der Waals surface area contributed by atoms with Gasteiger partial charge in [-0.2, -0.15) is 0 Å². The highest BCUT2D eigenvalue weighted by Crippen LogP contribution is 2.18. The molecule has 1 heterocycles. The first-order valence-electron chi connectivity index (χ1n) is 5.48. The summed E-state index contributed by atoms with van der Waals surface area (Å²) in [6, 6.07) is 2.46. The Kier molecular flexibility index (Phi) is 3.88. The number of halogens is 3. The number of esters is 1. The Morgan fingerprint density at radius 2 is 1.90 bits per heavy atom. The van der Waals surface area contributed by atoms with Crippen molar-refractivity contribution in [3.05, 3.63) is 59.2 Å². The molecule has 20 heavy (non-hydrogen) atoms. The Bertz CT molecular complexity index is 662. The third-order valence-corrected chi connectivity index (χ3v) is 2.44. The quantitative estimate of drug-likeness (QED) is 0.693. The van der Waals surface area contributed by atoms with Crippen LogP contribution in [-0.4, -0.2) is 11.0 Å². The molecule has 0 aliphatic rings. The third-order valence-electron chi connectivity index (χ3n) is 2.44. The standard InChI is InChI=1S/C13H9F3N2O2/c14-8-1-7(4-18-5-8)6-20-13(19)9-2-12(17)11(16)3-10(9)15/h1-5H,6,17H2. The molecule has 2 aromatic rings. The number of nitrogen functional groups attached to an aromatic ring is 1. The number of hydrogen-bond donors (Lipinski definition) is 1. The molecule has 0 bridgehead atoms. The van der Waals surface area contributed by atoms with Crippen LogP contribution in [0.25, 0.3) is 0 Å². The SMILES string of the molecule is Nc1cc(C(=O)OCc2cncc(F)c2)c(F)cc1F. The summed E-state index contributed by atoms with van der Waals surface area (Å²) in [5.41, 5.74) is 4.68. The lowest BCUT2D eigenvalue weighted by Gasteiger charge is -2.07. The minimum Gasteiger partial charge on any atom is -0.457 e. The van der Waals surface area contributed by atoms with Crippen molar-refractivity contribution < 1.29 is 22.7 Å². The Balaban J connectivity index is 2.11. The van der Waals surface area contributed by atoms with Crippen LogP contribution >= 0.6 is 0 Å². The van der Waals surface area contributed by atoms with Gasteiger partial charge in [0.25, 0.3) is 0 Å². The van der Waals surface area contributed by atoms with Crippen LogP contribution in [-0.2, 0) is 11.3 Å². The molecule has 0 saturated carbocycles. The van der Waals surface area contributed by atoms with E-state index in [0.29, 0.717) is 11.6 Å². The molecule has 1 aromatic carbocycles. The van der Waals surface area contributed by atoms with Gasteiger partial charge in [0.05, 0.1) is 17.4 Å². The Morgan fingerprint density at radius 3 is 2.60 bits per heavy atom. The summed E-state index contributed by atoms with van der Waals surface area (Å²) >= 11 is 0. The summed E-state index contributed by atoms with van der Waals surface area (Å²) in [6.07, 6.45) is 2.29. The van der Waals surface area contributed by atoms with Gasteiger partial charge in [0, 0.05) is 17.8 Å². The molecule has 0 atom stereocenters. The van der Waals surface area contributed by atoms with Gasteiger partial charge in [-0.1, -0.05) is 0 Å². The maximum atomic E-state index is 13.4. The fraction of sp³-hybridized carbons (Fsp3) is 0.0769. The highest BCUT2D eigenvalue weighted by atomic mass is 19.1. The number of hydrogen-bond acceptors (Lipinski definition) is 4. The van der Waals surface area contributed by atoms with Gasteiger partial charge in [-0.05, 0) is 12.1 Å². The van der Waals surface area contributed by atoms with Gasteiger partial charge >= 0.3 is 5.97 Å². The molecule has 4 nitrogen and oxygen atoms in total. The van der Waals surface area contributed by atoms with Gasteiger partial charge in [-0.25, -0.2) is 18.0 Å². The van der Waals surface area contributed by atoms with Crippen molar-refractivity contribution in [2.75, 3.05) is 5.73 Å². The minimum absolute atomic E-state index is 0.291. The van der Waals surface area contributed by atoms with Gasteiger partial charge in [0.2, 0.25) is 0 Å². The molecule has 2 rings (SSSR count). The first-order valence-corrected chi connectivity index (χ1v) is 5.48. The molecule has 0 amide bonds. The van der Waals surface area contributed by atoms with Crippen molar-refractivity contribution in [1.29, 1.82) is 0 Å². The van der Waals surface area contributed by atoms with Gasteiger partial charge in [-0.3, -0.25) is 4.98 Å². The van der Waals surface area contributed by atoms with E-state index in [2.05, 4.69) is 4.98 Å². The lowest BCUT2D eigenvalue weighted by Crippen LogP contribution is -2.09. The second-order valence-corrected chi connectivity index (χ2v) is 3.94. The number of carbonyl (C=O) groups is 1. The van der Waals surface area contributed by atoms with Crippen molar-refractivity contribution in [3.63, 3.8) is 0 Å². The Labute approximate surface area is 112 Å². The van der Waals surface area contributed by atoms with E-state index in [1.54, 1.807) is 0 Å². The molecular weight excluding hydrogens is 273 g/mol. The predicted molar refractivity (Wildman–Crippen MR) is 64.1 cm³/mol. The van der Waals surface area contributed by atoms with Crippen molar-refractivity contribution in [2.45, 2.75) is 6.61 Å². The number of benzene rings is 1. The van der Waals surface area contributed by atoms with E-state index in [1.165, 1.54) is 6.20 Å². The molecule has 2 N–H and O–H groups in total. The zero-order chi connectivity index (χ0) is 14.7. The number of rotatable bonds is 3. The first-order chi connectivity index (χ1) is 9.47. The van der Waals surface area contributed by atoms with Crippen LogP contribution in [0.3, 0.4) is 0 Å². The van der Waals surface area contributed by atoms with E-state index in [-0.39, 0.29) is 12.3 Å². The van der Waals surface area contributed by atoms with Crippen molar-refractivity contribution >= 4 is 11.7 Å². The number of pyridine rings is 1. The summed E-state index contributed by atoms with van der Waals surface area (Å²) < 4.78 is 44.0. The highest BCUT2D eigenvalue weighted by Gasteiger charge is 2.16. The summed E-state index contributed by atoms with van der Waals surface area (Å²) in [7, 11) is 0. The Hall–Kier alpha value is -2.57. The lowest BCUT2D eigenvalue weighted by molar-refractivity contribution is 0.0466. The molecular formula is C13H9F3N2O2. The van der Waals surface area contributed by atoms with E-state index < -0.39 is 29.0 Å². The van der Waals surface area contributed by atoms with Gasteiger partial charge in [0.15, 0.2) is 0 Å². The molecule has 104 valence electrons. The zero-order valence-corrected chi connectivity index (χ0v) is 10.1. The van der Waals surface area contributed by atoms with E-state index in [9.17, 15) is 18.0 Å². The summed E-state index contributed by atoms with van der Waals surface area (Å²) in [6.45, 7) is -0.291. The van der Waals surface area contributed by atoms with Crippen LogP contribution in [0.5, 0.6) is 0 Å². The number of carbonyl (C=O) groups excluding carboxylic acids is 1. The molecule has 7 heteroatoms. The minimum atomic E-state index is -1.08. The third kappa shape index (κ3) is 3.05. The smallest absolute Gasteiger partial charge is 0.341 e. The second-order valence-electron chi connectivity index (χ2n) is 3.94. The zero-order valence-electron chi connectivity index (χ0n) is 10.1. The summed E-state index contributed by atoms with van der Waals surface area (Å²) in [5, 5.41) is 0. The van der Waals surface area contributed by atoms with E-state index in [1.807, 2.05) is 0 Å². The van der Waals surface area contributed by atoms with Crippen molar-refractivity contribution in [1.82, 2.24) is 4.98 Å². The maximum absolute atomic E-state index is 13.4. The number of anilines is 1. The van der Waals surface area contributed by atoms with Crippen molar-refractivity contribution in [2.24, 2.45) is 0 Å². The van der Waals surface area contributed by atoms with E-state index in [0.717, 1.165) is 18.3 Å². The average molecular weight is 282 g/mol. The number of nitrogens with zero attached hydrogens (tertiary/aromatic N) is 1. The van der Waals surface area contributed by atoms with Crippen LogP contribution < -0.4 is 5.73 Å². The predicted octanol–water partition coefficient (Wildman–Crippen LogP) is 2.44. The molecule has 0 saturated heterocycles. The fourth-order valence-electron chi connectivity index (χ4n) is 1.48.